The highest BCUT2D eigenvalue weighted by molar-refractivity contribution is 7.89. The number of methoxy groups -OCH3 is 4. The molecule has 0 saturated heterocycles. The van der Waals surface area contributed by atoms with E-state index in [1.54, 1.807) is 24.3 Å². The van der Waals surface area contributed by atoms with Crippen molar-refractivity contribution in [3.05, 3.63) is 42.0 Å². The van der Waals surface area contributed by atoms with Crippen molar-refractivity contribution in [1.82, 2.24) is 4.72 Å². The van der Waals surface area contributed by atoms with E-state index >= 15 is 0 Å². The number of hydrogen-bond acceptors (Lipinski definition) is 6. The van der Waals surface area contributed by atoms with Crippen LogP contribution in [0.1, 0.15) is 5.56 Å². The van der Waals surface area contributed by atoms with Gasteiger partial charge in [0, 0.05) is 6.54 Å². The van der Waals surface area contributed by atoms with E-state index < -0.39 is 10.0 Å². The Morgan fingerprint density at radius 2 is 1.42 bits per heavy atom. The Balaban J connectivity index is 2.08. The average molecular weight is 381 g/mol. The minimum atomic E-state index is -3.59. The Bertz CT molecular complexity index is 808. The van der Waals surface area contributed by atoms with Crippen LogP contribution >= 0.6 is 0 Å². The number of benzene rings is 2. The minimum Gasteiger partial charge on any atom is -0.497 e. The van der Waals surface area contributed by atoms with E-state index in [1.807, 2.05) is 0 Å². The van der Waals surface area contributed by atoms with Crippen LogP contribution in [0.2, 0.25) is 0 Å². The van der Waals surface area contributed by atoms with E-state index in [0.717, 1.165) is 5.56 Å². The molecule has 0 aliphatic rings. The summed E-state index contributed by atoms with van der Waals surface area (Å²) in [6.07, 6.45) is 0.464. The maximum absolute atomic E-state index is 12.3. The lowest BCUT2D eigenvalue weighted by molar-refractivity contribution is 0.324. The predicted molar refractivity (Wildman–Crippen MR) is 98.0 cm³/mol. The third-order valence-electron chi connectivity index (χ3n) is 3.80. The number of sulfonamides is 1. The molecule has 0 saturated carbocycles. The van der Waals surface area contributed by atoms with Crippen LogP contribution in [0.25, 0.3) is 0 Å². The molecular weight excluding hydrogens is 358 g/mol. The number of nitrogens with one attached hydrogen (secondary N) is 1. The van der Waals surface area contributed by atoms with Crippen molar-refractivity contribution in [2.45, 2.75) is 11.3 Å². The zero-order valence-corrected chi connectivity index (χ0v) is 16.1. The van der Waals surface area contributed by atoms with Crippen molar-refractivity contribution in [3.63, 3.8) is 0 Å². The third kappa shape index (κ3) is 4.59. The lowest BCUT2D eigenvalue weighted by Gasteiger charge is -2.14. The van der Waals surface area contributed by atoms with Crippen LogP contribution in [0.3, 0.4) is 0 Å². The second-order valence-electron chi connectivity index (χ2n) is 5.36. The number of ether oxygens (including phenoxy) is 4. The molecule has 0 unspecified atom stereocenters. The molecule has 0 heterocycles. The van der Waals surface area contributed by atoms with Crippen LogP contribution in [0.15, 0.2) is 41.3 Å². The number of rotatable bonds is 9. The summed E-state index contributed by atoms with van der Waals surface area (Å²) in [4.78, 5) is 0.184. The van der Waals surface area contributed by atoms with Gasteiger partial charge >= 0.3 is 0 Å². The molecule has 1 N–H and O–H groups in total. The lowest BCUT2D eigenvalue weighted by atomic mass is 10.1. The first kappa shape index (κ1) is 19.9. The summed E-state index contributed by atoms with van der Waals surface area (Å²) in [6.45, 7) is 0.229. The topological polar surface area (TPSA) is 83.1 Å². The molecule has 7 nitrogen and oxygen atoms in total. The predicted octanol–water partition coefficient (Wildman–Crippen LogP) is 2.24. The van der Waals surface area contributed by atoms with Gasteiger partial charge in [0.15, 0.2) is 11.5 Å². The second kappa shape index (κ2) is 8.77. The smallest absolute Gasteiger partial charge is 0.240 e. The lowest BCUT2D eigenvalue weighted by Crippen LogP contribution is -2.26. The first-order chi connectivity index (χ1) is 12.4. The van der Waals surface area contributed by atoms with Crippen molar-refractivity contribution >= 4 is 10.0 Å². The molecule has 0 bridgehead atoms. The van der Waals surface area contributed by atoms with Gasteiger partial charge in [-0.25, -0.2) is 13.1 Å². The van der Waals surface area contributed by atoms with E-state index in [0.29, 0.717) is 29.4 Å². The Morgan fingerprint density at radius 1 is 0.846 bits per heavy atom. The maximum atomic E-state index is 12.3. The van der Waals surface area contributed by atoms with Crippen molar-refractivity contribution in [1.29, 1.82) is 0 Å². The molecule has 0 aliphatic carbocycles. The molecule has 2 rings (SSSR count). The fourth-order valence-corrected chi connectivity index (χ4v) is 3.48. The van der Waals surface area contributed by atoms with Gasteiger partial charge in [-0.15, -0.1) is 0 Å². The highest BCUT2D eigenvalue weighted by Crippen LogP contribution is 2.38. The van der Waals surface area contributed by atoms with Gasteiger partial charge in [0.25, 0.3) is 0 Å². The Morgan fingerprint density at radius 3 is 1.88 bits per heavy atom. The van der Waals surface area contributed by atoms with Crippen molar-refractivity contribution < 1.29 is 27.4 Å². The zero-order chi connectivity index (χ0) is 19.2. The molecule has 0 radical (unpaired) electrons. The van der Waals surface area contributed by atoms with Gasteiger partial charge in [0.1, 0.15) is 5.75 Å². The summed E-state index contributed by atoms with van der Waals surface area (Å²) in [5.41, 5.74) is 0.858. The summed E-state index contributed by atoms with van der Waals surface area (Å²) in [6, 6.07) is 9.80. The summed E-state index contributed by atoms with van der Waals surface area (Å²) in [5.74, 6) is 2.15. The molecule has 26 heavy (non-hydrogen) atoms. The van der Waals surface area contributed by atoms with Crippen LogP contribution in [-0.4, -0.2) is 43.4 Å². The van der Waals surface area contributed by atoms with Gasteiger partial charge < -0.3 is 18.9 Å². The van der Waals surface area contributed by atoms with Gasteiger partial charge in [-0.05, 0) is 48.4 Å². The van der Waals surface area contributed by atoms with Crippen LogP contribution in [0.4, 0.5) is 0 Å². The first-order valence-electron chi connectivity index (χ1n) is 7.87. The largest absolute Gasteiger partial charge is 0.497 e. The van der Waals surface area contributed by atoms with Crippen LogP contribution < -0.4 is 23.7 Å². The van der Waals surface area contributed by atoms with E-state index in [4.69, 9.17) is 18.9 Å². The Labute approximate surface area is 153 Å². The summed E-state index contributed by atoms with van der Waals surface area (Å²) < 4.78 is 48.2. The fraction of sp³-hybridized carbons (Fsp3) is 0.333. The molecule has 0 spiro atoms. The zero-order valence-electron chi connectivity index (χ0n) is 15.2. The van der Waals surface area contributed by atoms with Crippen molar-refractivity contribution in [3.8, 4) is 23.0 Å². The van der Waals surface area contributed by atoms with Crippen LogP contribution in [-0.2, 0) is 16.4 Å². The quantitative estimate of drug-likeness (QED) is 0.717. The van der Waals surface area contributed by atoms with E-state index in [1.165, 1.54) is 40.6 Å². The standard InChI is InChI=1S/C18H23NO6S/c1-22-14-5-7-15(8-6-14)26(20,21)19-10-9-13-11-16(23-2)18(25-4)17(12-13)24-3/h5-8,11-12,19H,9-10H2,1-4H3. The van der Waals surface area contributed by atoms with Crippen LogP contribution in [0, 0.1) is 0 Å². The van der Waals surface area contributed by atoms with Gasteiger partial charge in [0.05, 0.1) is 33.3 Å². The fourth-order valence-electron chi connectivity index (χ4n) is 2.45. The van der Waals surface area contributed by atoms with E-state index in [-0.39, 0.29) is 11.4 Å². The Kier molecular flexibility index (Phi) is 6.70. The molecule has 0 aromatic heterocycles. The summed E-state index contributed by atoms with van der Waals surface area (Å²) in [5, 5.41) is 0. The van der Waals surface area contributed by atoms with Gasteiger partial charge in [-0.3, -0.25) is 0 Å². The maximum Gasteiger partial charge on any atom is 0.240 e. The van der Waals surface area contributed by atoms with Crippen molar-refractivity contribution in [2.75, 3.05) is 35.0 Å². The first-order valence-corrected chi connectivity index (χ1v) is 9.36. The SMILES string of the molecule is COc1ccc(S(=O)(=O)NCCc2cc(OC)c(OC)c(OC)c2)cc1. The third-order valence-corrected chi connectivity index (χ3v) is 5.28. The molecule has 8 heteroatoms. The Hall–Kier alpha value is -2.45. The molecule has 0 atom stereocenters. The van der Waals surface area contributed by atoms with Gasteiger partial charge in [0.2, 0.25) is 15.8 Å². The average Bonchev–Trinajstić information content (AvgIpc) is 2.66. The molecular formula is C18H23NO6S. The highest BCUT2D eigenvalue weighted by atomic mass is 32.2. The molecule has 0 amide bonds. The van der Waals surface area contributed by atoms with E-state index in [9.17, 15) is 8.42 Å². The van der Waals surface area contributed by atoms with Gasteiger partial charge in [-0.2, -0.15) is 0 Å². The summed E-state index contributed by atoms with van der Waals surface area (Å²) >= 11 is 0. The normalized spacial score (nSPS) is 11.1. The minimum absolute atomic E-state index is 0.184. The highest BCUT2D eigenvalue weighted by Gasteiger charge is 2.15. The summed E-state index contributed by atoms with van der Waals surface area (Å²) in [7, 11) is 2.54. The van der Waals surface area contributed by atoms with Gasteiger partial charge in [-0.1, -0.05) is 0 Å². The molecule has 0 aliphatic heterocycles. The molecule has 0 fully saturated rings. The van der Waals surface area contributed by atoms with E-state index in [2.05, 4.69) is 4.72 Å². The van der Waals surface area contributed by atoms with Crippen molar-refractivity contribution in [2.24, 2.45) is 0 Å². The van der Waals surface area contributed by atoms with Crippen LogP contribution in [0.5, 0.6) is 23.0 Å². The molecule has 2 aromatic rings. The molecule has 142 valence electrons. The number of hydrogen-bond donors (Lipinski definition) is 1. The molecule has 2 aromatic carbocycles. The second-order valence-corrected chi connectivity index (χ2v) is 7.12. The monoisotopic (exact) mass is 381 g/mol.